The van der Waals surface area contributed by atoms with E-state index in [4.69, 9.17) is 0 Å². The lowest BCUT2D eigenvalue weighted by Crippen LogP contribution is -2.37. The fourth-order valence-corrected chi connectivity index (χ4v) is 1.07. The highest BCUT2D eigenvalue weighted by atomic mass is 19.3. The molecule has 0 aliphatic carbocycles. The van der Waals surface area contributed by atoms with Crippen LogP contribution in [0.3, 0.4) is 0 Å². The summed E-state index contributed by atoms with van der Waals surface area (Å²) in [6, 6.07) is -0.429. The predicted octanol–water partition coefficient (Wildman–Crippen LogP) is 0.667. The van der Waals surface area contributed by atoms with Crippen LogP contribution in [0.25, 0.3) is 0 Å². The number of carbonyl (C=O) groups is 1. The summed E-state index contributed by atoms with van der Waals surface area (Å²) in [5, 5.41) is 2.30. The summed E-state index contributed by atoms with van der Waals surface area (Å²) >= 11 is 0. The van der Waals surface area contributed by atoms with Crippen LogP contribution in [0.15, 0.2) is 0 Å². The summed E-state index contributed by atoms with van der Waals surface area (Å²) in [6.45, 7) is -0.306. The molecule has 1 rings (SSSR count). The van der Waals surface area contributed by atoms with E-state index >= 15 is 0 Å². The fourth-order valence-electron chi connectivity index (χ4n) is 1.07. The average Bonchev–Trinajstić information content (AvgIpc) is 2.29. The first-order valence-corrected chi connectivity index (χ1v) is 3.40. The van der Waals surface area contributed by atoms with Crippen LogP contribution in [0.4, 0.5) is 13.6 Å². The van der Waals surface area contributed by atoms with E-state index in [2.05, 4.69) is 5.32 Å². The number of alkyl halides is 2. The van der Waals surface area contributed by atoms with Crippen LogP contribution in [0.5, 0.6) is 0 Å². The molecule has 0 radical (unpaired) electrons. The summed E-state index contributed by atoms with van der Waals surface area (Å²) in [4.78, 5) is 11.9. The van der Waals surface area contributed by atoms with Crippen LogP contribution in [-0.2, 0) is 0 Å². The van der Waals surface area contributed by atoms with Crippen molar-refractivity contribution in [3.05, 3.63) is 0 Å². The highest BCUT2D eigenvalue weighted by Crippen LogP contribution is 2.26. The lowest BCUT2D eigenvalue weighted by atomic mass is 10.3. The molecule has 1 aliphatic heterocycles. The normalized spacial score (nSPS) is 21.9. The molecule has 0 unspecified atom stereocenters. The van der Waals surface area contributed by atoms with Gasteiger partial charge < -0.3 is 10.2 Å². The van der Waals surface area contributed by atoms with Gasteiger partial charge in [0.1, 0.15) is 0 Å². The first-order valence-electron chi connectivity index (χ1n) is 3.40. The highest BCUT2D eigenvalue weighted by molar-refractivity contribution is 5.74. The topological polar surface area (TPSA) is 32.3 Å². The van der Waals surface area contributed by atoms with Gasteiger partial charge in [-0.3, -0.25) is 0 Å². The zero-order chi connectivity index (χ0) is 8.48. The second kappa shape index (κ2) is 2.64. The molecule has 5 heteroatoms. The molecular formula is C6H10F2N2O. The molecule has 0 bridgehead atoms. The third kappa shape index (κ3) is 1.78. The number of nitrogens with one attached hydrogen (secondary N) is 1. The minimum Gasteiger partial charge on any atom is -0.341 e. The molecule has 0 spiro atoms. The molecule has 1 saturated heterocycles. The van der Waals surface area contributed by atoms with Gasteiger partial charge >= 0.3 is 6.03 Å². The maximum Gasteiger partial charge on any atom is 0.317 e. The van der Waals surface area contributed by atoms with Crippen molar-refractivity contribution in [2.75, 3.05) is 20.1 Å². The molecule has 1 aliphatic rings. The monoisotopic (exact) mass is 164 g/mol. The van der Waals surface area contributed by atoms with Crippen molar-refractivity contribution < 1.29 is 13.6 Å². The minimum atomic E-state index is -2.69. The third-order valence-corrected chi connectivity index (χ3v) is 1.67. The van der Waals surface area contributed by atoms with Gasteiger partial charge in [0.05, 0.1) is 6.54 Å². The molecule has 0 aromatic heterocycles. The predicted molar refractivity (Wildman–Crippen MR) is 35.6 cm³/mol. The maximum absolute atomic E-state index is 12.5. The van der Waals surface area contributed by atoms with Crippen molar-refractivity contribution in [3.8, 4) is 0 Å². The number of hydrogen-bond acceptors (Lipinski definition) is 1. The Morgan fingerprint density at radius 3 is 2.64 bits per heavy atom. The summed E-state index contributed by atoms with van der Waals surface area (Å²) in [7, 11) is 1.43. The van der Waals surface area contributed by atoms with Gasteiger partial charge in [-0.1, -0.05) is 0 Å². The number of urea groups is 1. The van der Waals surface area contributed by atoms with Crippen molar-refractivity contribution in [1.29, 1.82) is 0 Å². The number of likely N-dealkylation sites (tertiary alicyclic amines) is 1. The van der Waals surface area contributed by atoms with Crippen molar-refractivity contribution in [3.63, 3.8) is 0 Å². The van der Waals surface area contributed by atoms with Crippen LogP contribution in [-0.4, -0.2) is 37.0 Å². The van der Waals surface area contributed by atoms with Gasteiger partial charge in [-0.25, -0.2) is 13.6 Å². The lowest BCUT2D eigenvalue weighted by Gasteiger charge is -2.14. The lowest BCUT2D eigenvalue weighted by molar-refractivity contribution is 0.0154. The van der Waals surface area contributed by atoms with Crippen LogP contribution in [0.2, 0.25) is 0 Å². The molecule has 1 fully saturated rings. The number of rotatable bonds is 0. The number of nitrogens with zero attached hydrogens (tertiary/aromatic N) is 1. The number of halogens is 2. The molecule has 3 nitrogen and oxygen atoms in total. The van der Waals surface area contributed by atoms with Gasteiger partial charge in [-0.15, -0.1) is 0 Å². The molecule has 0 aromatic rings. The van der Waals surface area contributed by atoms with E-state index in [1.165, 1.54) is 7.05 Å². The second-order valence-electron chi connectivity index (χ2n) is 2.58. The Morgan fingerprint density at radius 2 is 2.27 bits per heavy atom. The van der Waals surface area contributed by atoms with E-state index in [1.807, 2.05) is 0 Å². The Hall–Kier alpha value is -0.870. The van der Waals surface area contributed by atoms with Gasteiger partial charge in [0, 0.05) is 20.0 Å². The van der Waals surface area contributed by atoms with E-state index in [0.717, 1.165) is 4.90 Å². The molecule has 11 heavy (non-hydrogen) atoms. The highest BCUT2D eigenvalue weighted by Gasteiger charge is 2.39. The standard InChI is InChI=1S/C6H10F2N2O/c1-9-5(11)10-3-2-6(7,8)4-10/h2-4H2,1H3,(H,9,11). The number of carbonyl (C=O) groups excluding carboxylic acids is 1. The van der Waals surface area contributed by atoms with Crippen molar-refractivity contribution in [2.45, 2.75) is 12.3 Å². The second-order valence-corrected chi connectivity index (χ2v) is 2.58. The van der Waals surface area contributed by atoms with E-state index in [-0.39, 0.29) is 13.0 Å². The quantitative estimate of drug-likeness (QED) is 0.560. The van der Waals surface area contributed by atoms with Crippen LogP contribution < -0.4 is 5.32 Å². The third-order valence-electron chi connectivity index (χ3n) is 1.67. The van der Waals surface area contributed by atoms with Gasteiger partial charge in [-0.2, -0.15) is 0 Å². The molecular weight excluding hydrogens is 154 g/mol. The van der Waals surface area contributed by atoms with Crippen LogP contribution in [0.1, 0.15) is 6.42 Å². The molecule has 0 saturated carbocycles. The van der Waals surface area contributed by atoms with E-state index < -0.39 is 18.5 Å². The summed E-state index contributed by atoms with van der Waals surface area (Å²) in [6.07, 6.45) is -0.222. The Balaban J connectivity index is 2.48. The maximum atomic E-state index is 12.5. The number of hydrogen-bond donors (Lipinski definition) is 1. The summed E-state index contributed by atoms with van der Waals surface area (Å²) in [5.41, 5.74) is 0. The van der Waals surface area contributed by atoms with Gasteiger partial charge in [-0.05, 0) is 0 Å². The van der Waals surface area contributed by atoms with E-state index in [1.54, 1.807) is 0 Å². The van der Waals surface area contributed by atoms with Crippen molar-refractivity contribution in [1.82, 2.24) is 10.2 Å². The number of amides is 2. The zero-order valence-electron chi connectivity index (χ0n) is 6.23. The molecule has 1 heterocycles. The Labute approximate surface area is 63.4 Å². The Kier molecular flexibility index (Phi) is 1.97. The van der Waals surface area contributed by atoms with E-state index in [9.17, 15) is 13.6 Å². The van der Waals surface area contributed by atoms with Crippen LogP contribution in [0, 0.1) is 0 Å². The summed E-state index contributed by atoms with van der Waals surface area (Å²) in [5.74, 6) is -2.69. The molecule has 64 valence electrons. The Morgan fingerprint density at radius 1 is 1.64 bits per heavy atom. The van der Waals surface area contributed by atoms with Gasteiger partial charge in [0.25, 0.3) is 5.92 Å². The van der Waals surface area contributed by atoms with Gasteiger partial charge in [0.15, 0.2) is 0 Å². The molecule has 1 N–H and O–H groups in total. The molecule has 0 aromatic carbocycles. The van der Waals surface area contributed by atoms with Crippen LogP contribution >= 0.6 is 0 Å². The SMILES string of the molecule is CNC(=O)N1CCC(F)(F)C1. The largest absolute Gasteiger partial charge is 0.341 e. The summed E-state index contributed by atoms with van der Waals surface area (Å²) < 4.78 is 24.9. The van der Waals surface area contributed by atoms with Crippen molar-refractivity contribution in [2.24, 2.45) is 0 Å². The Bertz CT molecular complexity index is 172. The van der Waals surface area contributed by atoms with Crippen molar-refractivity contribution >= 4 is 6.03 Å². The average molecular weight is 164 g/mol. The zero-order valence-corrected chi connectivity index (χ0v) is 6.23. The van der Waals surface area contributed by atoms with E-state index in [0.29, 0.717) is 0 Å². The first kappa shape index (κ1) is 8.23. The fraction of sp³-hybridized carbons (Fsp3) is 0.833. The smallest absolute Gasteiger partial charge is 0.317 e. The van der Waals surface area contributed by atoms with Gasteiger partial charge in [0.2, 0.25) is 0 Å². The first-order chi connectivity index (χ1) is 5.05. The minimum absolute atomic E-state index is 0.146. The molecule has 0 atom stereocenters. The molecule has 2 amide bonds.